The van der Waals surface area contributed by atoms with E-state index in [0.29, 0.717) is 12.8 Å². The van der Waals surface area contributed by atoms with Crippen molar-refractivity contribution in [1.82, 2.24) is 15.3 Å². The number of amides is 1. The zero-order valence-corrected chi connectivity index (χ0v) is 25.6. The van der Waals surface area contributed by atoms with Gasteiger partial charge in [-0.05, 0) is 55.1 Å². The molecule has 1 amide bonds. The van der Waals surface area contributed by atoms with E-state index in [2.05, 4.69) is 90.2 Å². The quantitative estimate of drug-likeness (QED) is 0.115. The molecule has 0 aliphatic heterocycles. The number of hydrogen-bond donors (Lipinski definition) is 1. The van der Waals surface area contributed by atoms with E-state index in [1.165, 1.54) is 10.6 Å². The van der Waals surface area contributed by atoms with Crippen molar-refractivity contribution in [2.45, 2.75) is 31.3 Å². The standard InChI is InChI=1S/C36H41N3O3.ClH/c1-38(26-23-31-15-6-2-7-16-31)25-14-24-36(33-19-10-4-11-20-33,34-21-12-5-13-22-34)30-37-39(27-28-40)35(41)42-29-32-17-8-3-9-18-32;/h2-13,15-22,28,37H,14,23-27,29-30H2,1H3;1H. The number of hydrogen-bond acceptors (Lipinski definition) is 5. The second kappa shape index (κ2) is 17.9. The van der Waals surface area contributed by atoms with Gasteiger partial charge in [-0.1, -0.05) is 121 Å². The smallest absolute Gasteiger partial charge is 0.424 e. The number of nitrogens with one attached hydrogen (secondary N) is 1. The maximum absolute atomic E-state index is 13.1. The maximum Gasteiger partial charge on any atom is 0.424 e. The third-order valence-corrected chi connectivity index (χ3v) is 7.68. The van der Waals surface area contributed by atoms with Crippen LogP contribution in [0.2, 0.25) is 0 Å². The summed E-state index contributed by atoms with van der Waals surface area (Å²) < 4.78 is 5.55. The Morgan fingerprint density at radius 2 is 1.28 bits per heavy atom. The number of nitrogens with zero attached hydrogens (tertiary/aromatic N) is 2. The molecule has 43 heavy (non-hydrogen) atoms. The Morgan fingerprint density at radius 1 is 0.767 bits per heavy atom. The summed E-state index contributed by atoms with van der Waals surface area (Å²) in [7, 11) is 2.17. The van der Waals surface area contributed by atoms with Gasteiger partial charge < -0.3 is 14.4 Å². The number of halogens is 1. The fraction of sp³-hybridized carbons (Fsp3) is 0.278. The first-order valence-electron chi connectivity index (χ1n) is 14.6. The molecule has 0 heterocycles. The number of hydrazine groups is 1. The van der Waals surface area contributed by atoms with E-state index in [1.54, 1.807) is 0 Å². The van der Waals surface area contributed by atoms with Crippen molar-refractivity contribution in [1.29, 1.82) is 0 Å². The van der Waals surface area contributed by atoms with Crippen LogP contribution in [0.15, 0.2) is 121 Å². The Labute approximate surface area is 262 Å². The van der Waals surface area contributed by atoms with Crippen LogP contribution < -0.4 is 5.43 Å². The molecule has 0 radical (unpaired) electrons. The van der Waals surface area contributed by atoms with Crippen molar-refractivity contribution in [3.8, 4) is 0 Å². The molecule has 0 atom stereocenters. The minimum atomic E-state index is -0.582. The molecule has 7 heteroatoms. The summed E-state index contributed by atoms with van der Waals surface area (Å²) in [6, 6.07) is 40.9. The average Bonchev–Trinajstić information content (AvgIpc) is 3.05. The van der Waals surface area contributed by atoms with Gasteiger partial charge in [0, 0.05) is 18.5 Å². The summed E-state index contributed by atoms with van der Waals surface area (Å²) in [6.07, 6.45) is 2.93. The SMILES string of the molecule is CN(CCCC(CNN(CC=O)C(=O)OCc1ccccc1)(c1ccccc1)c1ccccc1)CCc1ccccc1.Cl. The highest BCUT2D eigenvalue weighted by molar-refractivity contribution is 5.85. The molecule has 0 bridgehead atoms. The second-order valence-electron chi connectivity index (χ2n) is 10.6. The Hall–Kier alpha value is -3.97. The van der Waals surface area contributed by atoms with E-state index >= 15 is 0 Å². The summed E-state index contributed by atoms with van der Waals surface area (Å²) >= 11 is 0. The summed E-state index contributed by atoms with van der Waals surface area (Å²) in [4.78, 5) is 27.0. The highest BCUT2D eigenvalue weighted by Crippen LogP contribution is 2.36. The first kappa shape index (κ1) is 33.5. The Bertz CT molecular complexity index is 1300. The van der Waals surface area contributed by atoms with Crippen molar-refractivity contribution >= 4 is 24.8 Å². The van der Waals surface area contributed by atoms with E-state index in [9.17, 15) is 9.59 Å². The van der Waals surface area contributed by atoms with Gasteiger partial charge in [0.2, 0.25) is 0 Å². The van der Waals surface area contributed by atoms with Crippen molar-refractivity contribution in [2.75, 3.05) is 33.2 Å². The van der Waals surface area contributed by atoms with E-state index < -0.39 is 11.5 Å². The highest BCUT2D eigenvalue weighted by atomic mass is 35.5. The molecule has 0 aliphatic carbocycles. The van der Waals surface area contributed by atoms with Gasteiger partial charge in [0.05, 0.1) is 6.54 Å². The van der Waals surface area contributed by atoms with Crippen LogP contribution in [0, 0.1) is 0 Å². The van der Waals surface area contributed by atoms with Gasteiger partial charge in [-0.3, -0.25) is 0 Å². The topological polar surface area (TPSA) is 61.9 Å². The number of ether oxygens (including phenoxy) is 1. The van der Waals surface area contributed by atoms with Gasteiger partial charge in [-0.15, -0.1) is 12.4 Å². The molecule has 4 rings (SSSR count). The predicted octanol–water partition coefficient (Wildman–Crippen LogP) is 6.69. The third-order valence-electron chi connectivity index (χ3n) is 7.68. The van der Waals surface area contributed by atoms with Crippen molar-refractivity contribution < 1.29 is 14.3 Å². The number of carbonyl (C=O) groups excluding carboxylic acids is 2. The number of likely N-dealkylation sites (N-methyl/N-ethyl adjacent to an activating group) is 1. The monoisotopic (exact) mass is 599 g/mol. The number of benzene rings is 4. The minimum absolute atomic E-state index is 0. The molecule has 6 nitrogen and oxygen atoms in total. The van der Waals surface area contributed by atoms with Gasteiger partial charge in [0.1, 0.15) is 12.9 Å². The first-order chi connectivity index (χ1) is 20.6. The van der Waals surface area contributed by atoms with Crippen molar-refractivity contribution in [3.05, 3.63) is 144 Å². The number of carbonyl (C=O) groups is 2. The van der Waals surface area contributed by atoms with Crippen molar-refractivity contribution in [2.24, 2.45) is 0 Å². The number of rotatable bonds is 16. The van der Waals surface area contributed by atoms with Gasteiger partial charge in [-0.2, -0.15) is 0 Å². The van der Waals surface area contributed by atoms with Crippen LogP contribution in [0.25, 0.3) is 0 Å². The summed E-state index contributed by atoms with van der Waals surface area (Å²) in [5.41, 5.74) is 7.38. The molecule has 0 fully saturated rings. The van der Waals surface area contributed by atoms with Crippen LogP contribution in [0.1, 0.15) is 35.1 Å². The van der Waals surface area contributed by atoms with Crippen LogP contribution in [0.5, 0.6) is 0 Å². The lowest BCUT2D eigenvalue weighted by Gasteiger charge is -2.37. The van der Waals surface area contributed by atoms with Crippen LogP contribution in [0.4, 0.5) is 4.79 Å². The normalized spacial score (nSPS) is 11.0. The fourth-order valence-electron chi connectivity index (χ4n) is 5.30. The predicted molar refractivity (Wildman–Crippen MR) is 175 cm³/mol. The van der Waals surface area contributed by atoms with Crippen LogP contribution in [0.3, 0.4) is 0 Å². The molecule has 0 aromatic heterocycles. The summed E-state index contributed by atoms with van der Waals surface area (Å²) in [5, 5.41) is 1.28. The van der Waals surface area contributed by atoms with Gasteiger partial charge >= 0.3 is 6.09 Å². The van der Waals surface area contributed by atoms with Gasteiger partial charge in [0.25, 0.3) is 0 Å². The Morgan fingerprint density at radius 3 is 1.81 bits per heavy atom. The lowest BCUT2D eigenvalue weighted by Crippen LogP contribution is -2.50. The first-order valence-corrected chi connectivity index (χ1v) is 14.6. The molecule has 226 valence electrons. The molecule has 0 saturated carbocycles. The molecule has 4 aromatic carbocycles. The van der Waals surface area contributed by atoms with Gasteiger partial charge in [0.15, 0.2) is 0 Å². The molecule has 0 saturated heterocycles. The van der Waals surface area contributed by atoms with Crippen LogP contribution in [-0.4, -0.2) is 55.5 Å². The second-order valence-corrected chi connectivity index (χ2v) is 10.6. The third kappa shape index (κ3) is 10.1. The Kier molecular flexibility index (Phi) is 13.9. The number of aldehydes is 1. The summed E-state index contributed by atoms with van der Waals surface area (Å²) in [5.74, 6) is 0. The van der Waals surface area contributed by atoms with Crippen LogP contribution >= 0.6 is 12.4 Å². The molecule has 0 spiro atoms. The van der Waals surface area contributed by atoms with Crippen LogP contribution in [-0.2, 0) is 28.0 Å². The van der Waals surface area contributed by atoms with E-state index in [0.717, 1.165) is 49.0 Å². The Balaban J connectivity index is 0.00000506. The zero-order valence-electron chi connectivity index (χ0n) is 24.8. The van der Waals surface area contributed by atoms with Crippen molar-refractivity contribution in [3.63, 3.8) is 0 Å². The molecule has 4 aromatic rings. The molecule has 0 aliphatic rings. The minimum Gasteiger partial charge on any atom is -0.444 e. The lowest BCUT2D eigenvalue weighted by atomic mass is 9.71. The van der Waals surface area contributed by atoms with E-state index in [-0.39, 0.29) is 25.6 Å². The average molecular weight is 600 g/mol. The van der Waals surface area contributed by atoms with Gasteiger partial charge in [-0.25, -0.2) is 15.2 Å². The molecule has 0 unspecified atom stereocenters. The molecule has 1 N–H and O–H groups in total. The highest BCUT2D eigenvalue weighted by Gasteiger charge is 2.35. The fourth-order valence-corrected chi connectivity index (χ4v) is 5.30. The summed E-state index contributed by atoms with van der Waals surface area (Å²) in [6.45, 7) is 2.35. The maximum atomic E-state index is 13.1. The van der Waals surface area contributed by atoms with E-state index in [4.69, 9.17) is 4.74 Å². The zero-order chi connectivity index (χ0) is 29.5. The molecular weight excluding hydrogens is 558 g/mol. The van der Waals surface area contributed by atoms with E-state index in [1.807, 2.05) is 48.5 Å². The largest absolute Gasteiger partial charge is 0.444 e. The lowest BCUT2D eigenvalue weighted by molar-refractivity contribution is -0.109. The molecular formula is C36H42ClN3O3.